The van der Waals surface area contributed by atoms with Crippen LogP contribution in [0.1, 0.15) is 50.3 Å². The highest BCUT2D eigenvalue weighted by Gasteiger charge is 2.26. The van der Waals surface area contributed by atoms with Gasteiger partial charge in [-0.1, -0.05) is 44.5 Å². The number of aliphatic hydroxyl groups is 1. The first kappa shape index (κ1) is 16.6. The molecule has 2 N–H and O–H groups in total. The van der Waals surface area contributed by atoms with Crippen molar-refractivity contribution in [3.05, 3.63) is 40.9 Å². The molecule has 1 unspecified atom stereocenters. The predicted molar refractivity (Wildman–Crippen MR) is 96.7 cm³/mol. The van der Waals surface area contributed by atoms with E-state index >= 15 is 0 Å². The Kier molecular flexibility index (Phi) is 5.46. The molecule has 1 fully saturated rings. The number of rotatable bonds is 7. The second-order valence-electron chi connectivity index (χ2n) is 6.78. The van der Waals surface area contributed by atoms with Gasteiger partial charge in [-0.25, -0.2) is 4.98 Å². The van der Waals surface area contributed by atoms with Crippen molar-refractivity contribution >= 4 is 11.3 Å². The zero-order valence-electron chi connectivity index (χ0n) is 14.0. The average molecular weight is 330 g/mol. The third-order valence-electron chi connectivity index (χ3n) is 4.84. The second kappa shape index (κ2) is 7.56. The van der Waals surface area contributed by atoms with E-state index in [0.717, 1.165) is 17.2 Å². The zero-order chi connectivity index (χ0) is 16.2. The molecule has 0 saturated heterocycles. The van der Waals surface area contributed by atoms with Crippen molar-refractivity contribution in [1.82, 2.24) is 10.3 Å². The van der Waals surface area contributed by atoms with E-state index in [1.807, 2.05) is 0 Å². The summed E-state index contributed by atoms with van der Waals surface area (Å²) in [4.78, 5) is 4.74. The van der Waals surface area contributed by atoms with Crippen molar-refractivity contribution < 1.29 is 5.11 Å². The molecule has 1 aromatic carbocycles. The highest BCUT2D eigenvalue weighted by molar-refractivity contribution is 7.13. The minimum Gasteiger partial charge on any atom is -0.395 e. The van der Waals surface area contributed by atoms with Crippen LogP contribution in [0.15, 0.2) is 29.6 Å². The van der Waals surface area contributed by atoms with Crippen molar-refractivity contribution in [2.45, 2.75) is 51.6 Å². The molecule has 1 atom stereocenters. The van der Waals surface area contributed by atoms with E-state index in [0.29, 0.717) is 11.8 Å². The van der Waals surface area contributed by atoms with Crippen LogP contribution in [0.25, 0.3) is 10.6 Å². The lowest BCUT2D eigenvalue weighted by Crippen LogP contribution is -2.41. The van der Waals surface area contributed by atoms with Crippen LogP contribution in [-0.4, -0.2) is 22.7 Å². The molecule has 0 bridgehead atoms. The van der Waals surface area contributed by atoms with Crippen LogP contribution in [0, 0.1) is 5.92 Å². The van der Waals surface area contributed by atoms with Gasteiger partial charge in [-0.3, -0.25) is 0 Å². The quantitative estimate of drug-likeness (QED) is 0.800. The first-order chi connectivity index (χ1) is 11.2. The number of nitrogens with one attached hydrogen (secondary N) is 1. The van der Waals surface area contributed by atoms with Crippen molar-refractivity contribution in [3.63, 3.8) is 0 Å². The molecule has 0 aliphatic heterocycles. The summed E-state index contributed by atoms with van der Waals surface area (Å²) in [6.45, 7) is 5.38. The van der Waals surface area contributed by atoms with Gasteiger partial charge in [-0.15, -0.1) is 11.3 Å². The minimum atomic E-state index is 0.221. The molecule has 1 heterocycles. The first-order valence-corrected chi connectivity index (χ1v) is 9.44. The van der Waals surface area contributed by atoms with Gasteiger partial charge < -0.3 is 10.4 Å². The van der Waals surface area contributed by atoms with Gasteiger partial charge in [0.25, 0.3) is 0 Å². The Bertz CT molecular complexity index is 617. The molecule has 0 spiro atoms. The first-order valence-electron chi connectivity index (χ1n) is 8.56. The summed E-state index contributed by atoms with van der Waals surface area (Å²) >= 11 is 1.69. The van der Waals surface area contributed by atoms with Crippen LogP contribution in [0.4, 0.5) is 0 Å². The van der Waals surface area contributed by atoms with Crippen molar-refractivity contribution in [2.75, 3.05) is 6.61 Å². The second-order valence-corrected chi connectivity index (χ2v) is 7.64. The molecular formula is C19H26N2OS. The highest BCUT2D eigenvalue weighted by atomic mass is 32.1. The summed E-state index contributed by atoms with van der Waals surface area (Å²) in [7, 11) is 0. The van der Waals surface area contributed by atoms with E-state index in [1.54, 1.807) is 11.3 Å². The maximum atomic E-state index is 9.51. The van der Waals surface area contributed by atoms with E-state index < -0.39 is 0 Å². The average Bonchev–Trinajstić information content (AvgIpc) is 2.98. The third-order valence-corrected chi connectivity index (χ3v) is 5.78. The largest absolute Gasteiger partial charge is 0.395 e. The van der Waals surface area contributed by atoms with Gasteiger partial charge in [-0.2, -0.15) is 0 Å². The van der Waals surface area contributed by atoms with Crippen LogP contribution in [0.5, 0.6) is 0 Å². The topological polar surface area (TPSA) is 45.2 Å². The van der Waals surface area contributed by atoms with Gasteiger partial charge in [0.2, 0.25) is 0 Å². The molecule has 1 saturated carbocycles. The molecule has 124 valence electrons. The molecule has 0 amide bonds. The summed E-state index contributed by atoms with van der Waals surface area (Å²) in [5.74, 6) is 1.20. The summed E-state index contributed by atoms with van der Waals surface area (Å²) < 4.78 is 0. The van der Waals surface area contributed by atoms with Gasteiger partial charge in [0.1, 0.15) is 5.01 Å². The third kappa shape index (κ3) is 4.00. The number of hydrogen-bond donors (Lipinski definition) is 2. The summed E-state index contributed by atoms with van der Waals surface area (Å²) in [6, 6.07) is 8.93. The lowest BCUT2D eigenvalue weighted by Gasteiger charge is -2.33. The number of benzene rings is 1. The number of thiazole rings is 1. The molecule has 3 rings (SSSR count). The monoisotopic (exact) mass is 330 g/mol. The fraction of sp³-hybridized carbons (Fsp3) is 0.526. The molecule has 4 heteroatoms. The molecule has 23 heavy (non-hydrogen) atoms. The Morgan fingerprint density at radius 1 is 1.26 bits per heavy atom. The molecule has 3 nitrogen and oxygen atoms in total. The van der Waals surface area contributed by atoms with E-state index in [4.69, 9.17) is 4.98 Å². The van der Waals surface area contributed by atoms with Crippen molar-refractivity contribution in [2.24, 2.45) is 5.92 Å². The van der Waals surface area contributed by atoms with Gasteiger partial charge >= 0.3 is 0 Å². The van der Waals surface area contributed by atoms with Crippen LogP contribution < -0.4 is 5.32 Å². The van der Waals surface area contributed by atoms with Crippen LogP contribution in [0.3, 0.4) is 0 Å². The molecular weight excluding hydrogens is 304 g/mol. The fourth-order valence-corrected chi connectivity index (χ4v) is 3.82. The van der Waals surface area contributed by atoms with Gasteiger partial charge in [0, 0.05) is 23.5 Å². The maximum Gasteiger partial charge on any atom is 0.123 e. The van der Waals surface area contributed by atoms with E-state index in [2.05, 4.69) is 48.8 Å². The SMILES string of the molecule is CC(C)c1ccc(-c2nc(CNC(CO)C3CCC3)cs2)cc1. The zero-order valence-corrected chi connectivity index (χ0v) is 14.8. The van der Waals surface area contributed by atoms with E-state index in [1.165, 1.54) is 30.4 Å². The number of aliphatic hydroxyl groups excluding tert-OH is 1. The molecule has 1 aromatic heterocycles. The van der Waals surface area contributed by atoms with Crippen molar-refractivity contribution in [3.8, 4) is 10.6 Å². The summed E-state index contributed by atoms with van der Waals surface area (Å²) in [5, 5.41) is 16.2. The Balaban J connectivity index is 1.61. The van der Waals surface area contributed by atoms with Crippen LogP contribution in [0.2, 0.25) is 0 Å². The Labute approximate surface area is 142 Å². The Morgan fingerprint density at radius 3 is 2.57 bits per heavy atom. The minimum absolute atomic E-state index is 0.221. The lowest BCUT2D eigenvalue weighted by atomic mass is 9.80. The van der Waals surface area contributed by atoms with Crippen LogP contribution >= 0.6 is 11.3 Å². The number of aromatic nitrogens is 1. The standard InChI is InChI=1S/C19H26N2OS/c1-13(2)14-6-8-16(9-7-14)19-21-17(12-23-19)10-20-18(11-22)15-4-3-5-15/h6-9,12-13,15,18,20,22H,3-5,10-11H2,1-2H3. The fourth-order valence-electron chi connectivity index (χ4n) is 2.99. The van der Waals surface area contributed by atoms with Gasteiger partial charge in [0.15, 0.2) is 0 Å². The normalized spacial score (nSPS) is 16.5. The van der Waals surface area contributed by atoms with E-state index in [-0.39, 0.29) is 12.6 Å². The predicted octanol–water partition coefficient (Wildman–Crippen LogP) is 4.18. The molecule has 0 radical (unpaired) electrons. The maximum absolute atomic E-state index is 9.51. The Hall–Kier alpha value is -1.23. The summed E-state index contributed by atoms with van der Waals surface area (Å²) in [6.07, 6.45) is 3.78. The lowest BCUT2D eigenvalue weighted by molar-refractivity contribution is 0.148. The molecule has 1 aliphatic rings. The van der Waals surface area contributed by atoms with E-state index in [9.17, 15) is 5.11 Å². The van der Waals surface area contributed by atoms with Gasteiger partial charge in [-0.05, 0) is 30.2 Å². The smallest absolute Gasteiger partial charge is 0.123 e. The Morgan fingerprint density at radius 2 is 2.00 bits per heavy atom. The number of hydrogen-bond acceptors (Lipinski definition) is 4. The highest BCUT2D eigenvalue weighted by Crippen LogP contribution is 2.30. The van der Waals surface area contributed by atoms with Crippen molar-refractivity contribution in [1.29, 1.82) is 0 Å². The summed E-state index contributed by atoms with van der Waals surface area (Å²) in [5.41, 5.74) is 3.61. The number of nitrogens with zero attached hydrogens (tertiary/aromatic N) is 1. The van der Waals surface area contributed by atoms with Gasteiger partial charge in [0.05, 0.1) is 12.3 Å². The van der Waals surface area contributed by atoms with Crippen LogP contribution in [-0.2, 0) is 6.54 Å². The molecule has 1 aliphatic carbocycles. The molecule has 2 aromatic rings.